The van der Waals surface area contributed by atoms with E-state index in [1.165, 1.54) is 23.7 Å². The number of thiazole rings is 1. The molecule has 0 radical (unpaired) electrons. The van der Waals surface area contributed by atoms with E-state index in [-0.39, 0.29) is 5.91 Å². The Bertz CT molecular complexity index is 893. The van der Waals surface area contributed by atoms with Crippen LogP contribution in [0, 0.1) is 0 Å². The normalized spacial score (nSPS) is 10.4. The van der Waals surface area contributed by atoms with Crippen molar-refractivity contribution in [1.29, 1.82) is 0 Å². The number of hydrogen-bond donors (Lipinski definition) is 1. The van der Waals surface area contributed by atoms with Crippen molar-refractivity contribution >= 4 is 28.3 Å². The summed E-state index contributed by atoms with van der Waals surface area (Å²) in [7, 11) is 3.68. The van der Waals surface area contributed by atoms with Crippen LogP contribution in [0.3, 0.4) is 0 Å². The molecule has 1 amide bonds. The first kappa shape index (κ1) is 17.8. The maximum atomic E-state index is 12.3. The average molecular weight is 369 g/mol. The van der Waals surface area contributed by atoms with Crippen LogP contribution < -0.4 is 15.0 Å². The molecule has 2 aromatic heterocycles. The number of carbonyl (C=O) groups excluding carboxylic acids is 1. The fourth-order valence-electron chi connectivity index (χ4n) is 2.21. The summed E-state index contributed by atoms with van der Waals surface area (Å²) in [6.07, 6.45) is 3.00. The van der Waals surface area contributed by atoms with Gasteiger partial charge in [0.15, 0.2) is 5.13 Å². The molecule has 3 aromatic rings. The zero-order chi connectivity index (χ0) is 18.5. The summed E-state index contributed by atoms with van der Waals surface area (Å²) >= 11 is 1.36. The molecule has 0 unspecified atom stereocenters. The first-order valence-electron chi connectivity index (χ1n) is 8.06. The third-order valence-electron chi connectivity index (χ3n) is 3.47. The lowest BCUT2D eigenvalue weighted by Crippen LogP contribution is -2.16. The van der Waals surface area contributed by atoms with Gasteiger partial charge in [0.25, 0.3) is 5.91 Å². The zero-order valence-corrected chi connectivity index (χ0v) is 15.6. The van der Waals surface area contributed by atoms with Gasteiger partial charge in [-0.25, -0.2) is 15.0 Å². The molecule has 1 N–H and O–H groups in total. The number of carbonyl (C=O) groups is 1. The zero-order valence-electron chi connectivity index (χ0n) is 14.8. The fourth-order valence-corrected chi connectivity index (χ4v) is 2.93. The molecule has 8 heteroatoms. The molecule has 0 fully saturated rings. The van der Waals surface area contributed by atoms with Crippen LogP contribution in [0.1, 0.15) is 17.3 Å². The minimum absolute atomic E-state index is 0.292. The summed E-state index contributed by atoms with van der Waals surface area (Å²) in [5, 5.41) is 5.19. The molecule has 7 nitrogen and oxygen atoms in total. The topological polar surface area (TPSA) is 80.2 Å². The van der Waals surface area contributed by atoms with E-state index < -0.39 is 0 Å². The van der Waals surface area contributed by atoms with Gasteiger partial charge in [0.2, 0.25) is 5.95 Å². The average Bonchev–Trinajstić information content (AvgIpc) is 3.11. The van der Waals surface area contributed by atoms with Crippen molar-refractivity contribution in [2.24, 2.45) is 0 Å². The van der Waals surface area contributed by atoms with Gasteiger partial charge in [-0.3, -0.25) is 10.1 Å². The van der Waals surface area contributed by atoms with Crippen molar-refractivity contribution < 1.29 is 9.53 Å². The lowest BCUT2D eigenvalue weighted by Gasteiger charge is -2.09. The second-order valence-electron chi connectivity index (χ2n) is 5.62. The van der Waals surface area contributed by atoms with Gasteiger partial charge in [-0.05, 0) is 19.1 Å². The Morgan fingerprint density at radius 2 is 2.04 bits per heavy atom. The summed E-state index contributed by atoms with van der Waals surface area (Å²) in [6, 6.07) is 7.70. The molecule has 3 rings (SSSR count). The lowest BCUT2D eigenvalue weighted by molar-refractivity contribution is 0.102. The Kier molecular flexibility index (Phi) is 5.43. The number of anilines is 2. The molecule has 2 heterocycles. The van der Waals surface area contributed by atoms with Crippen molar-refractivity contribution in [1.82, 2.24) is 15.0 Å². The van der Waals surface area contributed by atoms with Crippen LogP contribution in [0.15, 0.2) is 42.0 Å². The van der Waals surface area contributed by atoms with Crippen molar-refractivity contribution in [3.8, 4) is 17.0 Å². The first-order valence-corrected chi connectivity index (χ1v) is 8.94. The molecular weight excluding hydrogens is 350 g/mol. The van der Waals surface area contributed by atoms with E-state index in [1.54, 1.807) is 4.90 Å². The summed E-state index contributed by atoms with van der Waals surface area (Å²) in [5.41, 5.74) is 2.10. The maximum absolute atomic E-state index is 12.3. The van der Waals surface area contributed by atoms with Crippen LogP contribution in [0.25, 0.3) is 11.3 Å². The number of amides is 1. The number of aromatic nitrogens is 3. The van der Waals surface area contributed by atoms with E-state index in [0.29, 0.717) is 23.3 Å². The van der Waals surface area contributed by atoms with Gasteiger partial charge in [-0.2, -0.15) is 0 Å². The standard InChI is InChI=1S/C18H19N5O2S/c1-4-25-14-7-5-6-12(8-14)15-11-26-18(21-15)22-16(24)13-9-19-17(20-10-13)23(2)3/h5-11H,4H2,1-3H3,(H,21,22,24). The molecule has 0 aliphatic carbocycles. The maximum Gasteiger partial charge on any atom is 0.260 e. The SMILES string of the molecule is CCOc1cccc(-c2csc(NC(=O)c3cnc(N(C)C)nc3)n2)c1. The van der Waals surface area contributed by atoms with Crippen molar-refractivity contribution in [2.45, 2.75) is 6.92 Å². The van der Waals surface area contributed by atoms with E-state index >= 15 is 0 Å². The minimum atomic E-state index is -0.292. The number of rotatable bonds is 6. The fraction of sp³-hybridized carbons (Fsp3) is 0.222. The summed E-state index contributed by atoms with van der Waals surface area (Å²) in [6.45, 7) is 2.55. The highest BCUT2D eigenvalue weighted by Crippen LogP contribution is 2.27. The van der Waals surface area contributed by atoms with Crippen LogP contribution >= 0.6 is 11.3 Å². The highest BCUT2D eigenvalue weighted by molar-refractivity contribution is 7.14. The smallest absolute Gasteiger partial charge is 0.260 e. The lowest BCUT2D eigenvalue weighted by atomic mass is 10.2. The van der Waals surface area contributed by atoms with Crippen LogP contribution in [0.2, 0.25) is 0 Å². The third-order valence-corrected chi connectivity index (χ3v) is 4.22. The van der Waals surface area contributed by atoms with Gasteiger partial charge in [-0.15, -0.1) is 11.3 Å². The van der Waals surface area contributed by atoms with E-state index in [0.717, 1.165) is 17.0 Å². The Hall–Kier alpha value is -3.00. The Morgan fingerprint density at radius 1 is 1.27 bits per heavy atom. The molecule has 134 valence electrons. The van der Waals surface area contributed by atoms with E-state index in [4.69, 9.17) is 4.74 Å². The summed E-state index contributed by atoms with van der Waals surface area (Å²) < 4.78 is 5.51. The molecule has 0 saturated carbocycles. The third kappa shape index (κ3) is 4.15. The van der Waals surface area contributed by atoms with Gasteiger partial charge in [0.1, 0.15) is 5.75 Å². The molecule has 0 bridgehead atoms. The van der Waals surface area contributed by atoms with Gasteiger partial charge in [0.05, 0.1) is 17.9 Å². The number of benzene rings is 1. The van der Waals surface area contributed by atoms with E-state index in [9.17, 15) is 4.79 Å². The van der Waals surface area contributed by atoms with Gasteiger partial charge >= 0.3 is 0 Å². The first-order chi connectivity index (χ1) is 12.6. The van der Waals surface area contributed by atoms with E-state index in [2.05, 4.69) is 20.3 Å². The van der Waals surface area contributed by atoms with Crippen LogP contribution in [-0.2, 0) is 0 Å². The molecular formula is C18H19N5O2S. The Labute approximate surface area is 155 Å². The number of ether oxygens (including phenoxy) is 1. The molecule has 0 spiro atoms. The van der Waals surface area contributed by atoms with Gasteiger partial charge < -0.3 is 9.64 Å². The van der Waals surface area contributed by atoms with Gasteiger partial charge in [0, 0.05) is 37.4 Å². The van der Waals surface area contributed by atoms with Gasteiger partial charge in [-0.1, -0.05) is 12.1 Å². The summed E-state index contributed by atoms with van der Waals surface area (Å²) in [5.74, 6) is 1.05. The monoisotopic (exact) mass is 369 g/mol. The largest absolute Gasteiger partial charge is 0.494 e. The van der Waals surface area contributed by atoms with Crippen molar-refractivity contribution in [2.75, 3.05) is 30.9 Å². The highest BCUT2D eigenvalue weighted by Gasteiger charge is 2.12. The molecule has 0 atom stereocenters. The minimum Gasteiger partial charge on any atom is -0.494 e. The van der Waals surface area contributed by atoms with E-state index in [1.807, 2.05) is 50.7 Å². The molecule has 0 aliphatic rings. The number of nitrogens with one attached hydrogen (secondary N) is 1. The van der Waals surface area contributed by atoms with Crippen LogP contribution in [-0.4, -0.2) is 41.6 Å². The number of hydrogen-bond acceptors (Lipinski definition) is 7. The Morgan fingerprint density at radius 3 is 2.73 bits per heavy atom. The Balaban J connectivity index is 1.71. The molecule has 1 aromatic carbocycles. The summed E-state index contributed by atoms with van der Waals surface area (Å²) in [4.78, 5) is 26.9. The molecule has 0 aliphatic heterocycles. The van der Waals surface area contributed by atoms with Crippen LogP contribution in [0.5, 0.6) is 5.75 Å². The van der Waals surface area contributed by atoms with Crippen molar-refractivity contribution in [3.05, 3.63) is 47.6 Å². The second-order valence-corrected chi connectivity index (χ2v) is 6.48. The quantitative estimate of drug-likeness (QED) is 0.718. The predicted molar refractivity (Wildman–Crippen MR) is 103 cm³/mol. The predicted octanol–water partition coefficient (Wildman–Crippen LogP) is 3.32. The molecule has 0 saturated heterocycles. The second kappa shape index (κ2) is 7.92. The van der Waals surface area contributed by atoms with Crippen molar-refractivity contribution in [3.63, 3.8) is 0 Å². The van der Waals surface area contributed by atoms with Crippen LogP contribution in [0.4, 0.5) is 11.1 Å². The number of nitrogens with zero attached hydrogens (tertiary/aromatic N) is 4. The highest BCUT2D eigenvalue weighted by atomic mass is 32.1. The molecule has 26 heavy (non-hydrogen) atoms.